The molecule has 0 nitrogen and oxygen atoms in total. The van der Waals surface area contributed by atoms with Crippen LogP contribution in [0.4, 0.5) is 0 Å². The lowest BCUT2D eigenvalue weighted by Crippen LogP contribution is -2.08. The summed E-state index contributed by atoms with van der Waals surface area (Å²) in [5.74, 6) is 0. The van der Waals surface area contributed by atoms with E-state index in [1.807, 2.05) is 0 Å². The Balaban J connectivity index is 1.30. The Kier molecular flexibility index (Phi) is 5.40. The fourth-order valence-corrected chi connectivity index (χ4v) is 6.19. The van der Waals surface area contributed by atoms with Gasteiger partial charge in [-0.05, 0) is 105 Å². The van der Waals surface area contributed by atoms with Crippen molar-refractivity contribution in [1.82, 2.24) is 0 Å². The molecule has 0 fully saturated rings. The van der Waals surface area contributed by atoms with Gasteiger partial charge in [0.05, 0.1) is 0 Å². The van der Waals surface area contributed by atoms with Gasteiger partial charge in [0.25, 0.3) is 0 Å². The third-order valence-corrected chi connectivity index (χ3v) is 8.22. The van der Waals surface area contributed by atoms with Gasteiger partial charge in [0.2, 0.25) is 0 Å². The smallest absolute Gasteiger partial charge is 0.0105 e. The highest BCUT2D eigenvalue weighted by atomic mass is 14.3. The zero-order valence-corrected chi connectivity index (χ0v) is 21.3. The minimum Gasteiger partial charge on any atom is -0.0730 e. The topological polar surface area (TPSA) is 0 Å². The molecule has 0 unspecified atom stereocenters. The van der Waals surface area contributed by atoms with Gasteiger partial charge in [-0.3, -0.25) is 0 Å². The van der Waals surface area contributed by atoms with Crippen LogP contribution in [-0.2, 0) is 6.42 Å². The molecule has 0 aliphatic heterocycles. The van der Waals surface area contributed by atoms with Crippen LogP contribution in [0, 0.1) is 0 Å². The summed E-state index contributed by atoms with van der Waals surface area (Å²) in [5, 5.41) is 5.23. The quantitative estimate of drug-likeness (QED) is 0.228. The van der Waals surface area contributed by atoms with Gasteiger partial charge in [-0.15, -0.1) is 0 Å². The molecule has 178 valence electrons. The fraction of sp³-hybridized carbons (Fsp3) is 0.135. The lowest BCUT2D eigenvalue weighted by atomic mass is 9.77. The second-order valence-corrected chi connectivity index (χ2v) is 10.5. The molecule has 0 spiro atoms. The van der Waals surface area contributed by atoms with Crippen molar-refractivity contribution in [2.75, 3.05) is 0 Å². The molecule has 0 saturated heterocycles. The third-order valence-electron chi connectivity index (χ3n) is 8.22. The van der Waals surface area contributed by atoms with Crippen molar-refractivity contribution < 1.29 is 0 Å². The highest BCUT2D eigenvalue weighted by molar-refractivity contribution is 6.08. The van der Waals surface area contributed by atoms with Crippen molar-refractivity contribution in [3.05, 3.63) is 143 Å². The lowest BCUT2D eigenvalue weighted by Gasteiger charge is -2.27. The summed E-state index contributed by atoms with van der Waals surface area (Å²) in [6, 6.07) is 38.3. The Morgan fingerprint density at radius 3 is 2.11 bits per heavy atom. The van der Waals surface area contributed by atoms with Crippen LogP contribution >= 0.6 is 0 Å². The van der Waals surface area contributed by atoms with Crippen molar-refractivity contribution >= 4 is 32.7 Å². The van der Waals surface area contributed by atoms with Crippen LogP contribution < -0.4 is 0 Å². The predicted molar refractivity (Wildman–Crippen MR) is 160 cm³/mol. The second kappa shape index (κ2) is 9.05. The monoisotopic (exact) mass is 474 g/mol. The van der Waals surface area contributed by atoms with Crippen LogP contribution in [0.5, 0.6) is 0 Å². The maximum absolute atomic E-state index is 2.36. The van der Waals surface area contributed by atoms with Crippen molar-refractivity contribution in [3.8, 4) is 11.1 Å². The molecule has 0 amide bonds. The third kappa shape index (κ3) is 3.94. The normalized spacial score (nSPS) is 15.5. The van der Waals surface area contributed by atoms with Crippen LogP contribution in [0.3, 0.4) is 0 Å². The molecule has 0 aromatic heterocycles. The van der Waals surface area contributed by atoms with Gasteiger partial charge >= 0.3 is 0 Å². The standard InChI is InChI=1S/C37H30/c1-25-10-12-30(13-11-25)37-35-9-5-3-7-28(35)20-23-36(37)29-16-14-26(15-17-29)31-21-22-34-32(24-31)19-18-27-6-2-4-8-33(27)34/h2-10,12,14-19,21-22,24H,11,13,20,23H2,1H3. The number of aryl methyl sites for hydroxylation is 1. The van der Waals surface area contributed by atoms with E-state index in [0.29, 0.717) is 0 Å². The van der Waals surface area contributed by atoms with E-state index in [9.17, 15) is 0 Å². The highest BCUT2D eigenvalue weighted by Crippen LogP contribution is 2.43. The van der Waals surface area contributed by atoms with Crippen molar-refractivity contribution in [2.45, 2.75) is 32.6 Å². The molecule has 7 rings (SSSR count). The molecule has 5 aromatic carbocycles. The van der Waals surface area contributed by atoms with Gasteiger partial charge in [0.1, 0.15) is 0 Å². The molecule has 0 heteroatoms. The molecule has 5 aromatic rings. The largest absolute Gasteiger partial charge is 0.0730 e. The molecular weight excluding hydrogens is 444 g/mol. The van der Waals surface area contributed by atoms with Crippen LogP contribution in [-0.4, -0.2) is 0 Å². The van der Waals surface area contributed by atoms with E-state index in [2.05, 4.69) is 122 Å². The Labute approximate surface area is 219 Å². The first-order valence-corrected chi connectivity index (χ1v) is 13.4. The maximum Gasteiger partial charge on any atom is -0.0105 e. The molecule has 2 aliphatic rings. The van der Waals surface area contributed by atoms with Gasteiger partial charge in [-0.1, -0.05) is 115 Å². The van der Waals surface area contributed by atoms with Gasteiger partial charge < -0.3 is 0 Å². The van der Waals surface area contributed by atoms with E-state index < -0.39 is 0 Å². The fourth-order valence-electron chi connectivity index (χ4n) is 6.19. The predicted octanol–water partition coefficient (Wildman–Crippen LogP) is 10.2. The number of hydrogen-bond donors (Lipinski definition) is 0. The number of benzene rings is 5. The Morgan fingerprint density at radius 1 is 0.514 bits per heavy atom. The number of hydrogen-bond acceptors (Lipinski definition) is 0. The molecule has 2 aliphatic carbocycles. The summed E-state index contributed by atoms with van der Waals surface area (Å²) in [5.41, 5.74) is 12.7. The molecule has 0 heterocycles. The molecular formula is C37H30. The van der Waals surface area contributed by atoms with E-state index in [0.717, 1.165) is 25.7 Å². The molecule has 0 radical (unpaired) electrons. The highest BCUT2D eigenvalue weighted by Gasteiger charge is 2.23. The molecule has 0 atom stereocenters. The average Bonchev–Trinajstić information content (AvgIpc) is 2.97. The summed E-state index contributed by atoms with van der Waals surface area (Å²) in [7, 11) is 0. The summed E-state index contributed by atoms with van der Waals surface area (Å²) in [6.07, 6.45) is 9.16. The van der Waals surface area contributed by atoms with Gasteiger partial charge in [0.15, 0.2) is 0 Å². The minimum absolute atomic E-state index is 1.09. The summed E-state index contributed by atoms with van der Waals surface area (Å²) >= 11 is 0. The minimum atomic E-state index is 1.09. The zero-order chi connectivity index (χ0) is 24.8. The summed E-state index contributed by atoms with van der Waals surface area (Å²) in [6.45, 7) is 2.24. The number of rotatable bonds is 3. The van der Waals surface area contributed by atoms with E-state index in [4.69, 9.17) is 0 Å². The summed E-state index contributed by atoms with van der Waals surface area (Å²) in [4.78, 5) is 0. The van der Waals surface area contributed by atoms with Crippen molar-refractivity contribution in [2.24, 2.45) is 0 Å². The molecule has 0 bridgehead atoms. The first kappa shape index (κ1) is 22.1. The van der Waals surface area contributed by atoms with E-state index in [-0.39, 0.29) is 0 Å². The second-order valence-electron chi connectivity index (χ2n) is 10.5. The summed E-state index contributed by atoms with van der Waals surface area (Å²) < 4.78 is 0. The molecule has 0 saturated carbocycles. The van der Waals surface area contributed by atoms with Gasteiger partial charge in [0, 0.05) is 0 Å². The van der Waals surface area contributed by atoms with E-state index in [1.54, 1.807) is 0 Å². The Morgan fingerprint density at radius 2 is 1.24 bits per heavy atom. The van der Waals surface area contributed by atoms with Crippen LogP contribution in [0.2, 0.25) is 0 Å². The van der Waals surface area contributed by atoms with Gasteiger partial charge in [-0.25, -0.2) is 0 Å². The van der Waals surface area contributed by atoms with Crippen LogP contribution in [0.25, 0.3) is 43.8 Å². The number of fused-ring (bicyclic) bond motifs is 4. The first-order valence-electron chi connectivity index (χ1n) is 13.4. The van der Waals surface area contributed by atoms with Crippen molar-refractivity contribution in [3.63, 3.8) is 0 Å². The SMILES string of the molecule is CC1=CC=C(C2=C(c3ccc(-c4ccc5c(ccc6ccccc65)c4)cc3)CCc3ccccc32)CC1. The lowest BCUT2D eigenvalue weighted by molar-refractivity contribution is 0.921. The van der Waals surface area contributed by atoms with Crippen LogP contribution in [0.15, 0.2) is 126 Å². The average molecular weight is 475 g/mol. The van der Waals surface area contributed by atoms with E-state index in [1.165, 1.54) is 71.7 Å². The Bertz CT molecular complexity index is 1760. The van der Waals surface area contributed by atoms with Crippen molar-refractivity contribution in [1.29, 1.82) is 0 Å². The maximum atomic E-state index is 2.36. The Hall–Kier alpha value is -4.16. The van der Waals surface area contributed by atoms with E-state index >= 15 is 0 Å². The molecule has 0 N–H and O–H groups in total. The first-order chi connectivity index (χ1) is 18.2. The zero-order valence-electron chi connectivity index (χ0n) is 21.3. The molecule has 37 heavy (non-hydrogen) atoms. The van der Waals surface area contributed by atoms with Crippen LogP contribution in [0.1, 0.15) is 42.9 Å². The number of allylic oxidation sites excluding steroid dienone is 6. The van der Waals surface area contributed by atoms with Gasteiger partial charge in [-0.2, -0.15) is 0 Å².